The molecule has 0 aliphatic heterocycles. The first-order chi connectivity index (χ1) is 8.61. The molecule has 0 saturated carbocycles. The summed E-state index contributed by atoms with van der Waals surface area (Å²) in [4.78, 5) is 4.37. The first kappa shape index (κ1) is 12.8. The van der Waals surface area contributed by atoms with E-state index >= 15 is 0 Å². The fourth-order valence-electron chi connectivity index (χ4n) is 1.70. The highest BCUT2D eigenvalue weighted by molar-refractivity contribution is 5.87. The largest absolute Gasteiger partial charge is 0.474 e. The van der Waals surface area contributed by atoms with Gasteiger partial charge >= 0.3 is 0 Å². The third-order valence-electron chi connectivity index (χ3n) is 3.16. The highest BCUT2D eigenvalue weighted by Crippen LogP contribution is 2.26. The molecule has 1 aromatic carbocycles. The molecule has 2 rings (SSSR count). The van der Waals surface area contributed by atoms with Crippen LogP contribution >= 0.6 is 0 Å². The second-order valence-electron chi connectivity index (χ2n) is 4.86. The van der Waals surface area contributed by atoms with E-state index in [1.165, 1.54) is 0 Å². The van der Waals surface area contributed by atoms with Gasteiger partial charge in [-0.2, -0.15) is 0 Å². The lowest BCUT2D eigenvalue weighted by atomic mass is 10.1. The third kappa shape index (κ3) is 2.62. The zero-order valence-electron chi connectivity index (χ0n) is 11.1. The van der Waals surface area contributed by atoms with E-state index in [1.54, 1.807) is 0 Å². The Morgan fingerprint density at radius 2 is 1.94 bits per heavy atom. The van der Waals surface area contributed by atoms with Crippen molar-refractivity contribution in [3.63, 3.8) is 0 Å². The van der Waals surface area contributed by atoms with Gasteiger partial charge in [0.15, 0.2) is 0 Å². The van der Waals surface area contributed by atoms with E-state index in [1.807, 2.05) is 37.3 Å². The predicted octanol–water partition coefficient (Wildman–Crippen LogP) is 3.15. The Bertz CT molecular complexity index is 537. The van der Waals surface area contributed by atoms with Crippen LogP contribution in [0.4, 0.5) is 0 Å². The van der Waals surface area contributed by atoms with Crippen molar-refractivity contribution in [1.29, 1.82) is 0 Å². The minimum Gasteiger partial charge on any atom is -0.474 e. The van der Waals surface area contributed by atoms with Crippen LogP contribution in [0.3, 0.4) is 0 Å². The van der Waals surface area contributed by atoms with Gasteiger partial charge in [-0.1, -0.05) is 32.0 Å². The minimum atomic E-state index is -0.0722. The minimum absolute atomic E-state index is 0.0722. The number of aliphatic hydroxyl groups is 1. The van der Waals surface area contributed by atoms with E-state index in [0.29, 0.717) is 17.5 Å². The van der Waals surface area contributed by atoms with Gasteiger partial charge in [0.2, 0.25) is 5.88 Å². The van der Waals surface area contributed by atoms with Crippen LogP contribution in [0.1, 0.15) is 26.5 Å². The van der Waals surface area contributed by atoms with Gasteiger partial charge in [0.25, 0.3) is 0 Å². The monoisotopic (exact) mass is 245 g/mol. The van der Waals surface area contributed by atoms with Gasteiger partial charge in [0, 0.05) is 5.39 Å². The van der Waals surface area contributed by atoms with Crippen molar-refractivity contribution in [3.8, 4) is 5.88 Å². The van der Waals surface area contributed by atoms with Crippen molar-refractivity contribution in [2.24, 2.45) is 5.92 Å². The Morgan fingerprint density at radius 1 is 1.22 bits per heavy atom. The Labute approximate surface area is 107 Å². The molecule has 3 heteroatoms. The molecule has 0 aliphatic carbocycles. The predicted molar refractivity (Wildman–Crippen MR) is 72.6 cm³/mol. The average molecular weight is 245 g/mol. The summed E-state index contributed by atoms with van der Waals surface area (Å²) in [5.74, 6) is 1.03. The number of benzene rings is 1. The van der Waals surface area contributed by atoms with Crippen LogP contribution in [0.2, 0.25) is 0 Å². The number of aromatic nitrogens is 1. The third-order valence-corrected chi connectivity index (χ3v) is 3.16. The molecule has 1 N–H and O–H groups in total. The van der Waals surface area contributed by atoms with Crippen molar-refractivity contribution in [2.75, 3.05) is 0 Å². The van der Waals surface area contributed by atoms with Gasteiger partial charge in [-0.3, -0.25) is 0 Å². The molecular weight excluding hydrogens is 226 g/mol. The number of pyridine rings is 1. The van der Waals surface area contributed by atoms with Gasteiger partial charge in [0.05, 0.1) is 18.4 Å². The van der Waals surface area contributed by atoms with Crippen molar-refractivity contribution in [3.05, 3.63) is 36.0 Å². The standard InChI is InChI=1S/C15H19NO2/c1-10(2)11(3)18-15-14-7-5-4-6-12(14)8-13(9-17)16-15/h4-8,10-11,17H,9H2,1-3H3. The SMILES string of the molecule is CC(C)C(C)Oc1nc(CO)cc2ccccc12. The van der Waals surface area contributed by atoms with Gasteiger partial charge < -0.3 is 9.84 Å². The molecular formula is C15H19NO2. The van der Waals surface area contributed by atoms with Crippen LogP contribution < -0.4 is 4.74 Å². The Kier molecular flexibility index (Phi) is 3.82. The summed E-state index contributed by atoms with van der Waals surface area (Å²) in [5.41, 5.74) is 0.639. The lowest BCUT2D eigenvalue weighted by molar-refractivity contribution is 0.164. The normalized spacial score (nSPS) is 12.9. The van der Waals surface area contributed by atoms with Gasteiger partial charge in [-0.15, -0.1) is 0 Å². The Morgan fingerprint density at radius 3 is 2.61 bits per heavy atom. The first-order valence-electron chi connectivity index (χ1n) is 6.28. The number of ether oxygens (including phenoxy) is 1. The van der Waals surface area contributed by atoms with E-state index in [0.717, 1.165) is 10.8 Å². The van der Waals surface area contributed by atoms with Gasteiger partial charge in [-0.25, -0.2) is 4.98 Å². The molecule has 0 bridgehead atoms. The molecule has 0 aliphatic rings. The molecule has 1 heterocycles. The summed E-state index contributed by atoms with van der Waals surface area (Å²) in [6, 6.07) is 9.83. The lowest BCUT2D eigenvalue weighted by Crippen LogP contribution is -2.19. The smallest absolute Gasteiger partial charge is 0.221 e. The fourth-order valence-corrected chi connectivity index (χ4v) is 1.70. The van der Waals surface area contributed by atoms with E-state index in [-0.39, 0.29) is 12.7 Å². The van der Waals surface area contributed by atoms with Crippen LogP contribution in [0, 0.1) is 5.92 Å². The molecule has 18 heavy (non-hydrogen) atoms. The Hall–Kier alpha value is -1.61. The number of aliphatic hydroxyl groups excluding tert-OH is 1. The quantitative estimate of drug-likeness (QED) is 0.899. The molecule has 96 valence electrons. The second-order valence-corrected chi connectivity index (χ2v) is 4.86. The first-order valence-corrected chi connectivity index (χ1v) is 6.28. The number of nitrogens with zero attached hydrogens (tertiary/aromatic N) is 1. The summed E-state index contributed by atoms with van der Waals surface area (Å²) in [7, 11) is 0. The molecule has 0 fully saturated rings. The number of hydrogen-bond acceptors (Lipinski definition) is 3. The second kappa shape index (κ2) is 5.36. The summed E-state index contributed by atoms with van der Waals surface area (Å²) in [6.45, 7) is 6.19. The van der Waals surface area contributed by atoms with Crippen LogP contribution in [-0.2, 0) is 6.61 Å². The molecule has 0 saturated heterocycles. The maximum atomic E-state index is 9.25. The molecule has 2 aromatic rings. The van der Waals surface area contributed by atoms with Crippen LogP contribution in [0.15, 0.2) is 30.3 Å². The molecule has 0 spiro atoms. The van der Waals surface area contributed by atoms with E-state index in [4.69, 9.17) is 4.74 Å². The van der Waals surface area contributed by atoms with Gasteiger partial charge in [-0.05, 0) is 30.4 Å². The van der Waals surface area contributed by atoms with Crippen molar-refractivity contribution >= 4 is 10.8 Å². The number of hydrogen-bond donors (Lipinski definition) is 1. The van der Waals surface area contributed by atoms with Crippen LogP contribution in [0.25, 0.3) is 10.8 Å². The van der Waals surface area contributed by atoms with Crippen molar-refractivity contribution in [2.45, 2.75) is 33.5 Å². The molecule has 3 nitrogen and oxygen atoms in total. The zero-order valence-corrected chi connectivity index (χ0v) is 11.1. The molecule has 1 aromatic heterocycles. The lowest BCUT2D eigenvalue weighted by Gasteiger charge is -2.19. The highest BCUT2D eigenvalue weighted by Gasteiger charge is 2.13. The highest BCUT2D eigenvalue weighted by atomic mass is 16.5. The summed E-state index contributed by atoms with van der Waals surface area (Å²) in [6.07, 6.45) is 0.0925. The maximum absolute atomic E-state index is 9.25. The topological polar surface area (TPSA) is 42.4 Å². The summed E-state index contributed by atoms with van der Waals surface area (Å²) < 4.78 is 5.91. The molecule has 1 atom stereocenters. The van der Waals surface area contributed by atoms with Gasteiger partial charge in [0.1, 0.15) is 0 Å². The Balaban J connectivity index is 2.47. The molecule has 1 unspecified atom stereocenters. The molecule has 0 amide bonds. The van der Waals surface area contributed by atoms with E-state index in [9.17, 15) is 5.11 Å². The summed E-state index contributed by atoms with van der Waals surface area (Å²) >= 11 is 0. The van der Waals surface area contributed by atoms with Crippen LogP contribution in [-0.4, -0.2) is 16.2 Å². The number of rotatable bonds is 4. The average Bonchev–Trinajstić information content (AvgIpc) is 2.38. The van der Waals surface area contributed by atoms with Crippen molar-refractivity contribution in [1.82, 2.24) is 4.98 Å². The molecule has 0 radical (unpaired) electrons. The summed E-state index contributed by atoms with van der Waals surface area (Å²) in [5, 5.41) is 11.3. The zero-order chi connectivity index (χ0) is 13.1. The maximum Gasteiger partial charge on any atom is 0.221 e. The van der Waals surface area contributed by atoms with E-state index in [2.05, 4.69) is 18.8 Å². The van der Waals surface area contributed by atoms with Crippen LogP contribution in [0.5, 0.6) is 5.88 Å². The van der Waals surface area contributed by atoms with Crippen molar-refractivity contribution < 1.29 is 9.84 Å². The fraction of sp³-hybridized carbons (Fsp3) is 0.400. The number of fused-ring (bicyclic) bond motifs is 1. The van der Waals surface area contributed by atoms with E-state index < -0.39 is 0 Å².